The lowest BCUT2D eigenvalue weighted by Gasteiger charge is -2.21. The molecule has 0 saturated heterocycles. The van der Waals surface area contributed by atoms with Crippen LogP contribution in [0.2, 0.25) is 0 Å². The van der Waals surface area contributed by atoms with Crippen molar-refractivity contribution in [3.63, 3.8) is 0 Å². The molecule has 0 atom stereocenters. The zero-order valence-corrected chi connectivity index (χ0v) is 7.99. The number of anilines is 1. The third kappa shape index (κ3) is 0.894. The molecule has 3 rings (SSSR count). The molecule has 0 amide bonds. The number of benzene rings is 1. The number of rotatable bonds is 0. The van der Waals surface area contributed by atoms with Crippen LogP contribution >= 0.6 is 0 Å². The highest BCUT2D eigenvalue weighted by Gasteiger charge is 2.16. The summed E-state index contributed by atoms with van der Waals surface area (Å²) in [6, 6.07) is 8.30. The Morgan fingerprint density at radius 1 is 1.36 bits per heavy atom. The quantitative estimate of drug-likeness (QED) is 0.681. The van der Waals surface area contributed by atoms with E-state index >= 15 is 0 Å². The van der Waals surface area contributed by atoms with Crippen molar-refractivity contribution in [2.24, 2.45) is 0 Å². The molecule has 1 N–H and O–H groups in total. The van der Waals surface area contributed by atoms with Crippen molar-refractivity contribution in [2.45, 2.75) is 13.5 Å². The molecule has 14 heavy (non-hydrogen) atoms. The van der Waals surface area contributed by atoms with Crippen LogP contribution in [0.15, 0.2) is 30.5 Å². The van der Waals surface area contributed by atoms with E-state index in [1.54, 1.807) is 0 Å². The molecule has 0 bridgehead atoms. The molecule has 1 aromatic carbocycles. The summed E-state index contributed by atoms with van der Waals surface area (Å²) in [6.45, 7) is 2.89. The highest BCUT2D eigenvalue weighted by Crippen LogP contribution is 2.27. The Morgan fingerprint density at radius 3 is 3.14 bits per heavy atom. The smallest absolute Gasteiger partial charge is 0.110 e. The van der Waals surface area contributed by atoms with Crippen LogP contribution in [0.25, 0.3) is 5.69 Å². The van der Waals surface area contributed by atoms with Gasteiger partial charge in [-0.15, -0.1) is 0 Å². The number of hydrogen-bond acceptors (Lipinski definition) is 2. The summed E-state index contributed by atoms with van der Waals surface area (Å²) in [5, 5.41) is 3.37. The second-order valence-corrected chi connectivity index (χ2v) is 3.50. The number of nitrogens with one attached hydrogen (secondary N) is 1. The maximum atomic E-state index is 4.32. The molecular weight excluding hydrogens is 174 g/mol. The van der Waals surface area contributed by atoms with Gasteiger partial charge in [-0.05, 0) is 19.1 Å². The van der Waals surface area contributed by atoms with E-state index in [0.717, 1.165) is 12.4 Å². The molecule has 3 nitrogen and oxygen atoms in total. The van der Waals surface area contributed by atoms with Gasteiger partial charge >= 0.3 is 0 Å². The number of hydrogen-bond donors (Lipinski definition) is 1. The number of fused-ring (bicyclic) bond motifs is 3. The fourth-order valence-electron chi connectivity index (χ4n) is 1.95. The topological polar surface area (TPSA) is 29.9 Å². The second kappa shape index (κ2) is 2.61. The van der Waals surface area contributed by atoms with Crippen molar-refractivity contribution in [1.82, 2.24) is 9.55 Å². The molecule has 0 spiro atoms. The Labute approximate surface area is 82.4 Å². The Balaban J connectivity index is 2.32. The fraction of sp³-hybridized carbons (Fsp3) is 0.182. The van der Waals surface area contributed by atoms with Gasteiger partial charge in [0, 0.05) is 0 Å². The molecule has 1 aromatic heterocycles. The van der Waals surface area contributed by atoms with E-state index < -0.39 is 0 Å². The zero-order valence-electron chi connectivity index (χ0n) is 7.99. The summed E-state index contributed by atoms with van der Waals surface area (Å²) in [5.74, 6) is 1.05. The van der Waals surface area contributed by atoms with Gasteiger partial charge in [-0.3, -0.25) is 4.57 Å². The van der Waals surface area contributed by atoms with Crippen LogP contribution in [0.4, 0.5) is 5.69 Å². The summed E-state index contributed by atoms with van der Waals surface area (Å²) in [5.41, 5.74) is 3.60. The number of imidazole rings is 1. The number of nitrogens with zero attached hydrogens (tertiary/aromatic N) is 2. The molecule has 1 aliphatic heterocycles. The maximum absolute atomic E-state index is 4.32. The summed E-state index contributed by atoms with van der Waals surface area (Å²) in [7, 11) is 0. The van der Waals surface area contributed by atoms with Crippen LogP contribution in [0.5, 0.6) is 0 Å². The first-order valence-electron chi connectivity index (χ1n) is 4.73. The van der Waals surface area contributed by atoms with E-state index in [0.29, 0.717) is 0 Å². The van der Waals surface area contributed by atoms with Gasteiger partial charge in [-0.1, -0.05) is 12.1 Å². The van der Waals surface area contributed by atoms with Crippen LogP contribution in [-0.4, -0.2) is 9.55 Å². The van der Waals surface area contributed by atoms with Crippen molar-refractivity contribution in [1.29, 1.82) is 0 Å². The minimum Gasteiger partial charge on any atom is -0.378 e. The lowest BCUT2D eigenvalue weighted by molar-refractivity contribution is 0.872. The molecule has 0 saturated carbocycles. The van der Waals surface area contributed by atoms with E-state index in [-0.39, 0.29) is 0 Å². The molecule has 2 heterocycles. The van der Waals surface area contributed by atoms with Gasteiger partial charge in [0.05, 0.1) is 29.8 Å². The van der Waals surface area contributed by atoms with Gasteiger partial charge in [0.25, 0.3) is 0 Å². The molecule has 0 aliphatic carbocycles. The van der Waals surface area contributed by atoms with Gasteiger partial charge in [0.2, 0.25) is 0 Å². The van der Waals surface area contributed by atoms with Crippen molar-refractivity contribution >= 4 is 5.69 Å². The van der Waals surface area contributed by atoms with Gasteiger partial charge in [0.1, 0.15) is 5.82 Å². The molecule has 70 valence electrons. The largest absolute Gasteiger partial charge is 0.378 e. The summed E-state index contributed by atoms with van der Waals surface area (Å²) in [4.78, 5) is 4.32. The van der Waals surface area contributed by atoms with E-state index in [2.05, 4.69) is 33.1 Å². The molecule has 0 unspecified atom stereocenters. The van der Waals surface area contributed by atoms with Crippen molar-refractivity contribution in [3.8, 4) is 5.69 Å². The van der Waals surface area contributed by atoms with Gasteiger partial charge in [0.15, 0.2) is 0 Å². The normalized spacial score (nSPS) is 12.9. The molecule has 2 aromatic rings. The highest BCUT2D eigenvalue weighted by atomic mass is 15.1. The highest BCUT2D eigenvalue weighted by molar-refractivity contribution is 5.64. The second-order valence-electron chi connectivity index (χ2n) is 3.50. The lowest BCUT2D eigenvalue weighted by Crippen LogP contribution is -2.15. The predicted octanol–water partition coefficient (Wildman–Crippen LogP) is 2.11. The standard InChI is InChI=1S/C11H11N3/c1-8-12-6-9-7-13-10-4-2-3-5-11(10)14(8)9/h2-6,13H,7H2,1H3. The van der Waals surface area contributed by atoms with E-state index in [1.807, 2.05) is 19.2 Å². The molecule has 3 heteroatoms. The van der Waals surface area contributed by atoms with Crippen LogP contribution in [0, 0.1) is 6.92 Å². The molecule has 0 fully saturated rings. The summed E-state index contributed by atoms with van der Waals surface area (Å²) in [6.07, 6.45) is 1.93. The Kier molecular flexibility index (Phi) is 1.42. The number of aryl methyl sites for hydroxylation is 1. The Hall–Kier alpha value is -1.77. The summed E-state index contributed by atoms with van der Waals surface area (Å²) < 4.78 is 2.20. The van der Waals surface area contributed by atoms with Crippen LogP contribution < -0.4 is 5.32 Å². The van der Waals surface area contributed by atoms with Gasteiger partial charge < -0.3 is 5.32 Å². The molecule has 0 radical (unpaired) electrons. The summed E-state index contributed by atoms with van der Waals surface area (Å²) >= 11 is 0. The average molecular weight is 185 g/mol. The minimum absolute atomic E-state index is 0.859. The fourth-order valence-corrected chi connectivity index (χ4v) is 1.95. The van der Waals surface area contributed by atoms with E-state index in [4.69, 9.17) is 0 Å². The van der Waals surface area contributed by atoms with Gasteiger partial charge in [-0.25, -0.2) is 4.98 Å². The monoisotopic (exact) mass is 185 g/mol. The first-order valence-corrected chi connectivity index (χ1v) is 4.73. The molecular formula is C11H11N3. The zero-order chi connectivity index (χ0) is 9.54. The van der Waals surface area contributed by atoms with Crippen LogP contribution in [0.1, 0.15) is 11.5 Å². The maximum Gasteiger partial charge on any atom is 0.110 e. The number of aromatic nitrogens is 2. The lowest BCUT2D eigenvalue weighted by atomic mass is 10.2. The third-order valence-corrected chi connectivity index (χ3v) is 2.62. The van der Waals surface area contributed by atoms with Crippen molar-refractivity contribution in [3.05, 3.63) is 42.0 Å². The Morgan fingerprint density at radius 2 is 2.21 bits per heavy atom. The molecule has 1 aliphatic rings. The third-order valence-electron chi connectivity index (χ3n) is 2.62. The van der Waals surface area contributed by atoms with E-state index in [1.165, 1.54) is 17.1 Å². The predicted molar refractivity (Wildman–Crippen MR) is 55.6 cm³/mol. The van der Waals surface area contributed by atoms with Crippen molar-refractivity contribution in [2.75, 3.05) is 5.32 Å². The van der Waals surface area contributed by atoms with Crippen molar-refractivity contribution < 1.29 is 0 Å². The Bertz CT molecular complexity index is 485. The van der Waals surface area contributed by atoms with Crippen LogP contribution in [0.3, 0.4) is 0 Å². The van der Waals surface area contributed by atoms with E-state index in [9.17, 15) is 0 Å². The SMILES string of the molecule is Cc1ncc2n1-c1ccccc1NC2. The minimum atomic E-state index is 0.859. The van der Waals surface area contributed by atoms with Crippen LogP contribution in [-0.2, 0) is 6.54 Å². The van der Waals surface area contributed by atoms with Gasteiger partial charge in [-0.2, -0.15) is 0 Å². The average Bonchev–Trinajstić information content (AvgIpc) is 2.61. The first kappa shape index (κ1) is 7.62. The number of para-hydroxylation sites is 2. The first-order chi connectivity index (χ1) is 6.86.